The summed E-state index contributed by atoms with van der Waals surface area (Å²) in [4.78, 5) is 23.6. The predicted molar refractivity (Wildman–Crippen MR) is 88.7 cm³/mol. The molecule has 122 valence electrons. The minimum atomic E-state index is -0.439. The summed E-state index contributed by atoms with van der Waals surface area (Å²) in [5.74, 6) is 0.0343. The normalized spacial score (nSPS) is 10.6. The van der Waals surface area contributed by atoms with Crippen LogP contribution in [0.2, 0.25) is 0 Å². The maximum Gasteiger partial charge on any atom is 0.311 e. The maximum atomic E-state index is 11.8. The summed E-state index contributed by atoms with van der Waals surface area (Å²) in [7, 11) is 0. The van der Waals surface area contributed by atoms with Crippen LogP contribution in [0.15, 0.2) is 24.3 Å². The third kappa shape index (κ3) is 5.45. The molecule has 1 aromatic heterocycles. The number of rotatable bonds is 6. The molecule has 0 unspecified atom stereocenters. The van der Waals surface area contributed by atoms with Gasteiger partial charge in [-0.25, -0.2) is 0 Å². The highest BCUT2D eigenvalue weighted by Gasteiger charge is 2.13. The van der Waals surface area contributed by atoms with E-state index in [0.717, 1.165) is 10.6 Å². The van der Waals surface area contributed by atoms with Gasteiger partial charge in [0.15, 0.2) is 0 Å². The number of nitrogens with zero attached hydrogens (tertiary/aromatic N) is 2. The van der Waals surface area contributed by atoms with E-state index in [1.54, 1.807) is 12.1 Å². The molecule has 0 fully saturated rings. The zero-order valence-corrected chi connectivity index (χ0v) is 14.1. The number of ether oxygens (including phenoxy) is 1. The molecule has 0 saturated heterocycles. The van der Waals surface area contributed by atoms with Gasteiger partial charge in [0.05, 0.1) is 6.42 Å². The molecule has 1 amide bonds. The monoisotopic (exact) mass is 333 g/mol. The van der Waals surface area contributed by atoms with Crippen LogP contribution < -0.4 is 10.1 Å². The van der Waals surface area contributed by atoms with Crippen LogP contribution in [0.25, 0.3) is 0 Å². The number of carbonyl (C=O) groups is 2. The van der Waals surface area contributed by atoms with Gasteiger partial charge in [-0.2, -0.15) is 0 Å². The van der Waals surface area contributed by atoms with Crippen molar-refractivity contribution in [3.8, 4) is 5.75 Å². The summed E-state index contributed by atoms with van der Waals surface area (Å²) < 4.78 is 5.19. The van der Waals surface area contributed by atoms with Gasteiger partial charge in [-0.05, 0) is 24.6 Å². The molecule has 6 nitrogen and oxygen atoms in total. The highest BCUT2D eigenvalue weighted by molar-refractivity contribution is 7.15. The lowest BCUT2D eigenvalue weighted by atomic mass is 10.2. The Morgan fingerprint density at radius 2 is 2.04 bits per heavy atom. The van der Waals surface area contributed by atoms with Gasteiger partial charge in [0, 0.05) is 12.3 Å². The quantitative estimate of drug-likeness (QED) is 0.648. The molecular weight excluding hydrogens is 314 g/mol. The number of carbonyl (C=O) groups excluding carboxylic acids is 2. The smallest absolute Gasteiger partial charge is 0.311 e. The van der Waals surface area contributed by atoms with E-state index in [1.165, 1.54) is 11.3 Å². The predicted octanol–water partition coefficient (Wildman–Crippen LogP) is 3.29. The second-order valence-corrected chi connectivity index (χ2v) is 6.45. The van der Waals surface area contributed by atoms with E-state index in [0.29, 0.717) is 10.9 Å². The van der Waals surface area contributed by atoms with Crippen molar-refractivity contribution in [2.75, 3.05) is 5.32 Å². The van der Waals surface area contributed by atoms with E-state index in [9.17, 15) is 9.59 Å². The highest BCUT2D eigenvalue weighted by atomic mass is 32.1. The van der Waals surface area contributed by atoms with E-state index in [4.69, 9.17) is 4.74 Å². The Balaban J connectivity index is 1.78. The standard InChI is InChI=1S/C16H19N3O3S/c1-10(2)15-18-19-16(23-15)17-13(20)7-8-14(21)22-12-6-4-5-11(3)9-12/h4-6,9-10H,7-8H2,1-3H3,(H,17,19,20). The van der Waals surface area contributed by atoms with Crippen molar-refractivity contribution in [2.24, 2.45) is 0 Å². The number of hydrogen-bond donors (Lipinski definition) is 1. The van der Waals surface area contributed by atoms with Gasteiger partial charge in [-0.15, -0.1) is 10.2 Å². The molecule has 0 saturated carbocycles. The fourth-order valence-electron chi connectivity index (χ4n) is 1.78. The molecule has 0 atom stereocenters. The molecule has 2 rings (SSSR count). The summed E-state index contributed by atoms with van der Waals surface area (Å²) >= 11 is 1.34. The third-order valence-corrected chi connectivity index (χ3v) is 4.10. The molecular formula is C16H19N3O3S. The Labute approximate surface area is 138 Å². The van der Waals surface area contributed by atoms with Gasteiger partial charge in [0.1, 0.15) is 10.8 Å². The molecule has 2 aromatic rings. The molecule has 23 heavy (non-hydrogen) atoms. The lowest BCUT2D eigenvalue weighted by Gasteiger charge is -2.05. The van der Waals surface area contributed by atoms with Crippen molar-refractivity contribution >= 4 is 28.3 Å². The Hall–Kier alpha value is -2.28. The third-order valence-electron chi connectivity index (χ3n) is 2.96. The number of hydrogen-bond acceptors (Lipinski definition) is 6. The van der Waals surface area contributed by atoms with Crippen LogP contribution in [0.1, 0.15) is 43.2 Å². The van der Waals surface area contributed by atoms with E-state index in [1.807, 2.05) is 32.9 Å². The van der Waals surface area contributed by atoms with Crippen LogP contribution in [0, 0.1) is 6.92 Å². The zero-order chi connectivity index (χ0) is 16.8. The number of amides is 1. The lowest BCUT2D eigenvalue weighted by molar-refractivity contribution is -0.135. The number of anilines is 1. The first-order valence-electron chi connectivity index (χ1n) is 7.34. The molecule has 0 aliphatic carbocycles. The molecule has 1 N–H and O–H groups in total. The van der Waals surface area contributed by atoms with Gasteiger partial charge in [0.25, 0.3) is 0 Å². The van der Waals surface area contributed by atoms with E-state index in [-0.39, 0.29) is 24.7 Å². The van der Waals surface area contributed by atoms with Crippen molar-refractivity contribution in [3.63, 3.8) is 0 Å². The lowest BCUT2D eigenvalue weighted by Crippen LogP contribution is -2.15. The van der Waals surface area contributed by atoms with E-state index >= 15 is 0 Å². The van der Waals surface area contributed by atoms with Crippen LogP contribution in [0.4, 0.5) is 5.13 Å². The average molecular weight is 333 g/mol. The van der Waals surface area contributed by atoms with Crippen molar-refractivity contribution in [1.29, 1.82) is 0 Å². The Morgan fingerprint density at radius 3 is 2.70 bits per heavy atom. The molecule has 1 aromatic carbocycles. The maximum absolute atomic E-state index is 11.8. The first kappa shape index (κ1) is 17.1. The molecule has 0 aliphatic rings. The Morgan fingerprint density at radius 1 is 1.26 bits per heavy atom. The van der Waals surface area contributed by atoms with Crippen LogP contribution in [0.3, 0.4) is 0 Å². The fraction of sp³-hybridized carbons (Fsp3) is 0.375. The zero-order valence-electron chi connectivity index (χ0n) is 13.3. The summed E-state index contributed by atoms with van der Waals surface area (Å²) in [5, 5.41) is 11.8. The Kier molecular flexibility index (Phi) is 5.81. The second-order valence-electron chi connectivity index (χ2n) is 5.44. The number of aryl methyl sites for hydroxylation is 1. The van der Waals surface area contributed by atoms with Crippen molar-refractivity contribution in [1.82, 2.24) is 10.2 Å². The second kappa shape index (κ2) is 7.82. The van der Waals surface area contributed by atoms with Crippen molar-refractivity contribution < 1.29 is 14.3 Å². The van der Waals surface area contributed by atoms with Gasteiger partial charge >= 0.3 is 5.97 Å². The molecule has 0 radical (unpaired) electrons. The topological polar surface area (TPSA) is 81.2 Å². The number of benzene rings is 1. The highest BCUT2D eigenvalue weighted by Crippen LogP contribution is 2.22. The largest absolute Gasteiger partial charge is 0.427 e. The van der Waals surface area contributed by atoms with Gasteiger partial charge in [-0.3, -0.25) is 9.59 Å². The summed E-state index contributed by atoms with van der Waals surface area (Å²) in [6.07, 6.45) is 0.0524. The number of nitrogens with one attached hydrogen (secondary N) is 1. The SMILES string of the molecule is Cc1cccc(OC(=O)CCC(=O)Nc2nnc(C(C)C)s2)c1. The van der Waals surface area contributed by atoms with Crippen LogP contribution in [-0.2, 0) is 9.59 Å². The van der Waals surface area contributed by atoms with Crippen molar-refractivity contribution in [2.45, 2.75) is 39.5 Å². The average Bonchev–Trinajstić information content (AvgIpc) is 2.94. The fourth-order valence-corrected chi connectivity index (χ4v) is 2.54. The summed E-state index contributed by atoms with van der Waals surface area (Å²) in [6.45, 7) is 5.93. The number of aromatic nitrogens is 2. The molecule has 0 spiro atoms. The first-order chi connectivity index (χ1) is 10.9. The molecule has 0 bridgehead atoms. The van der Waals surface area contributed by atoms with E-state index in [2.05, 4.69) is 15.5 Å². The minimum Gasteiger partial charge on any atom is -0.427 e. The van der Waals surface area contributed by atoms with Crippen LogP contribution >= 0.6 is 11.3 Å². The van der Waals surface area contributed by atoms with Crippen LogP contribution in [-0.4, -0.2) is 22.1 Å². The Bertz CT molecular complexity index is 697. The first-order valence-corrected chi connectivity index (χ1v) is 8.16. The van der Waals surface area contributed by atoms with Crippen molar-refractivity contribution in [3.05, 3.63) is 34.8 Å². The summed E-state index contributed by atoms with van der Waals surface area (Å²) in [5.41, 5.74) is 1.00. The van der Waals surface area contributed by atoms with Gasteiger partial charge < -0.3 is 10.1 Å². The molecule has 7 heteroatoms. The van der Waals surface area contributed by atoms with Gasteiger partial charge in [0.2, 0.25) is 11.0 Å². The minimum absolute atomic E-state index is 0.00954. The molecule has 0 aliphatic heterocycles. The summed E-state index contributed by atoms with van der Waals surface area (Å²) in [6, 6.07) is 7.21. The van der Waals surface area contributed by atoms with Crippen LogP contribution in [0.5, 0.6) is 5.75 Å². The van der Waals surface area contributed by atoms with Gasteiger partial charge in [-0.1, -0.05) is 37.3 Å². The molecule has 1 heterocycles. The number of esters is 1. The van der Waals surface area contributed by atoms with E-state index < -0.39 is 5.97 Å².